The van der Waals surface area contributed by atoms with E-state index in [0.29, 0.717) is 19.4 Å². The molecule has 1 heterocycles. The molecule has 2 N–H and O–H groups in total. The lowest BCUT2D eigenvalue weighted by atomic mass is 9.98. The second-order valence-corrected chi connectivity index (χ2v) is 8.66. The standard InChI is InChI=1S/C27H36N2O7/c1-3-5-14-25(32)35-19-23(27(34)36-18-20-11-7-6-8-12-20)28-26(33)21(10-4-2)16-24(31)29-15-9-13-22(29)17-30/h3-4,6-8,11-12,21-23,30H,1-2,5,9-10,13-19H2,(H,28,33)/t21-,22+,23-/m1/s1. The van der Waals surface area contributed by atoms with E-state index in [2.05, 4.69) is 18.5 Å². The van der Waals surface area contributed by atoms with Crippen LogP contribution in [0, 0.1) is 5.92 Å². The Bertz CT molecular complexity index is 903. The molecule has 0 radical (unpaired) electrons. The molecule has 1 aliphatic heterocycles. The highest BCUT2D eigenvalue weighted by molar-refractivity contribution is 5.89. The number of carbonyl (C=O) groups excluding carboxylic acids is 4. The summed E-state index contributed by atoms with van der Waals surface area (Å²) in [6.07, 6.45) is 5.24. The second kappa shape index (κ2) is 15.5. The third-order valence-electron chi connectivity index (χ3n) is 5.94. The lowest BCUT2D eigenvalue weighted by Gasteiger charge is -2.26. The minimum Gasteiger partial charge on any atom is -0.463 e. The van der Waals surface area contributed by atoms with Crippen molar-refractivity contribution in [1.29, 1.82) is 0 Å². The third-order valence-corrected chi connectivity index (χ3v) is 5.94. The number of hydrogen-bond donors (Lipinski definition) is 2. The molecule has 0 bridgehead atoms. The van der Waals surface area contributed by atoms with Crippen molar-refractivity contribution < 1.29 is 33.8 Å². The molecule has 9 nitrogen and oxygen atoms in total. The number of benzene rings is 1. The molecule has 1 saturated heterocycles. The molecule has 0 saturated carbocycles. The molecule has 3 atom stereocenters. The van der Waals surface area contributed by atoms with Gasteiger partial charge in [-0.1, -0.05) is 42.5 Å². The molecule has 36 heavy (non-hydrogen) atoms. The fourth-order valence-electron chi connectivity index (χ4n) is 3.92. The number of rotatable bonds is 15. The normalized spacial score (nSPS) is 16.5. The second-order valence-electron chi connectivity index (χ2n) is 8.66. The van der Waals surface area contributed by atoms with Crippen LogP contribution in [0.5, 0.6) is 0 Å². The molecular formula is C27H36N2O7. The van der Waals surface area contributed by atoms with E-state index in [4.69, 9.17) is 9.47 Å². The summed E-state index contributed by atoms with van der Waals surface area (Å²) in [7, 11) is 0. The van der Waals surface area contributed by atoms with Gasteiger partial charge in [-0.05, 0) is 31.2 Å². The number of ether oxygens (including phenoxy) is 2. The molecule has 0 aromatic heterocycles. The maximum atomic E-state index is 13.1. The van der Waals surface area contributed by atoms with Gasteiger partial charge in [0.05, 0.1) is 18.6 Å². The largest absolute Gasteiger partial charge is 0.463 e. The van der Waals surface area contributed by atoms with Gasteiger partial charge >= 0.3 is 11.9 Å². The van der Waals surface area contributed by atoms with Gasteiger partial charge in [-0.3, -0.25) is 14.4 Å². The van der Waals surface area contributed by atoms with Crippen LogP contribution in [-0.2, 0) is 35.3 Å². The van der Waals surface area contributed by atoms with Crippen molar-refractivity contribution >= 4 is 23.8 Å². The van der Waals surface area contributed by atoms with Gasteiger partial charge in [0.2, 0.25) is 11.8 Å². The first-order valence-electron chi connectivity index (χ1n) is 12.2. The van der Waals surface area contributed by atoms with Crippen LogP contribution in [0.1, 0.15) is 44.1 Å². The Labute approximate surface area is 212 Å². The van der Waals surface area contributed by atoms with E-state index in [1.54, 1.807) is 23.1 Å². The van der Waals surface area contributed by atoms with E-state index in [0.717, 1.165) is 12.0 Å². The summed E-state index contributed by atoms with van der Waals surface area (Å²) < 4.78 is 10.5. The summed E-state index contributed by atoms with van der Waals surface area (Å²) in [5, 5.41) is 12.1. The average Bonchev–Trinajstić information content (AvgIpc) is 3.37. The number of likely N-dealkylation sites (tertiary alicyclic amines) is 1. The zero-order chi connectivity index (χ0) is 26.3. The lowest BCUT2D eigenvalue weighted by Crippen LogP contribution is -2.48. The maximum Gasteiger partial charge on any atom is 0.332 e. The molecule has 0 aliphatic carbocycles. The highest BCUT2D eigenvalue weighted by atomic mass is 16.6. The van der Waals surface area contributed by atoms with Crippen LogP contribution in [0.2, 0.25) is 0 Å². The molecule has 196 valence electrons. The van der Waals surface area contributed by atoms with Gasteiger partial charge in [-0.2, -0.15) is 0 Å². The van der Waals surface area contributed by atoms with Crippen molar-refractivity contribution in [1.82, 2.24) is 10.2 Å². The molecular weight excluding hydrogens is 464 g/mol. The Morgan fingerprint density at radius 3 is 2.56 bits per heavy atom. The van der Waals surface area contributed by atoms with Crippen LogP contribution >= 0.6 is 0 Å². The zero-order valence-corrected chi connectivity index (χ0v) is 20.6. The minimum atomic E-state index is -1.24. The van der Waals surface area contributed by atoms with Crippen molar-refractivity contribution in [3.8, 4) is 0 Å². The molecule has 1 aromatic carbocycles. The van der Waals surface area contributed by atoms with Gasteiger partial charge in [0.15, 0.2) is 6.04 Å². The van der Waals surface area contributed by atoms with Crippen molar-refractivity contribution in [2.24, 2.45) is 5.92 Å². The van der Waals surface area contributed by atoms with Crippen LogP contribution in [0.25, 0.3) is 0 Å². The van der Waals surface area contributed by atoms with Crippen LogP contribution in [0.3, 0.4) is 0 Å². The van der Waals surface area contributed by atoms with Crippen LogP contribution in [0.4, 0.5) is 0 Å². The summed E-state index contributed by atoms with van der Waals surface area (Å²) in [5.41, 5.74) is 0.762. The van der Waals surface area contributed by atoms with E-state index in [1.165, 1.54) is 6.08 Å². The van der Waals surface area contributed by atoms with Gasteiger partial charge < -0.3 is 24.8 Å². The Morgan fingerprint density at radius 1 is 1.14 bits per heavy atom. The summed E-state index contributed by atoms with van der Waals surface area (Å²) >= 11 is 0. The summed E-state index contributed by atoms with van der Waals surface area (Å²) in [5.74, 6) is -2.87. The average molecular weight is 501 g/mol. The Balaban J connectivity index is 2.06. The van der Waals surface area contributed by atoms with E-state index in [-0.39, 0.29) is 44.4 Å². The Kier molecular flexibility index (Phi) is 12.4. The fraction of sp³-hybridized carbons (Fsp3) is 0.481. The van der Waals surface area contributed by atoms with E-state index in [9.17, 15) is 24.3 Å². The molecule has 2 rings (SSSR count). The highest BCUT2D eigenvalue weighted by Gasteiger charge is 2.33. The minimum absolute atomic E-state index is 0.0114. The van der Waals surface area contributed by atoms with Crippen molar-refractivity contribution in [3.63, 3.8) is 0 Å². The van der Waals surface area contributed by atoms with Gasteiger partial charge in [0, 0.05) is 19.4 Å². The van der Waals surface area contributed by atoms with Gasteiger partial charge in [-0.15, -0.1) is 13.2 Å². The SMILES string of the molecule is C=CCCC(=O)OC[C@@H](NC(=O)[C@H](CC=C)CC(=O)N1CCC[C@H]1CO)C(=O)OCc1ccccc1. The number of allylic oxidation sites excluding steroid dienone is 2. The first kappa shape index (κ1) is 28.8. The van der Waals surface area contributed by atoms with Gasteiger partial charge in [0.25, 0.3) is 0 Å². The predicted octanol–water partition coefficient (Wildman–Crippen LogP) is 2.29. The monoisotopic (exact) mass is 500 g/mol. The number of esters is 2. The molecule has 9 heteroatoms. The maximum absolute atomic E-state index is 13.1. The Hall–Kier alpha value is -3.46. The lowest BCUT2D eigenvalue weighted by molar-refractivity contribution is -0.155. The number of aliphatic hydroxyl groups excluding tert-OH is 1. The van der Waals surface area contributed by atoms with Crippen LogP contribution in [-0.4, -0.2) is 65.6 Å². The third kappa shape index (κ3) is 9.30. The summed E-state index contributed by atoms with van der Waals surface area (Å²) in [6.45, 7) is 7.22. The van der Waals surface area contributed by atoms with Crippen LogP contribution in [0.15, 0.2) is 55.6 Å². The smallest absolute Gasteiger partial charge is 0.332 e. The van der Waals surface area contributed by atoms with Gasteiger partial charge in [-0.25, -0.2) is 4.79 Å². The van der Waals surface area contributed by atoms with E-state index in [1.807, 2.05) is 18.2 Å². The summed E-state index contributed by atoms with van der Waals surface area (Å²) in [4.78, 5) is 52.3. The Morgan fingerprint density at radius 2 is 1.89 bits per heavy atom. The molecule has 1 fully saturated rings. The highest BCUT2D eigenvalue weighted by Crippen LogP contribution is 2.21. The number of amides is 2. The predicted molar refractivity (Wildman–Crippen MR) is 133 cm³/mol. The number of carbonyl (C=O) groups is 4. The molecule has 1 aliphatic rings. The fourth-order valence-corrected chi connectivity index (χ4v) is 3.92. The molecule has 0 unspecified atom stereocenters. The number of nitrogens with zero attached hydrogens (tertiary/aromatic N) is 1. The topological polar surface area (TPSA) is 122 Å². The summed E-state index contributed by atoms with van der Waals surface area (Å²) in [6, 6.07) is 7.54. The quantitative estimate of drug-likeness (QED) is 0.280. The van der Waals surface area contributed by atoms with Gasteiger partial charge in [0.1, 0.15) is 13.2 Å². The number of nitrogens with one attached hydrogen (secondary N) is 1. The molecule has 1 aromatic rings. The van der Waals surface area contributed by atoms with Crippen molar-refractivity contribution in [3.05, 3.63) is 61.2 Å². The first-order chi connectivity index (χ1) is 17.4. The van der Waals surface area contributed by atoms with Crippen LogP contribution < -0.4 is 5.32 Å². The van der Waals surface area contributed by atoms with Crippen molar-refractivity contribution in [2.75, 3.05) is 19.8 Å². The van der Waals surface area contributed by atoms with Crippen molar-refractivity contribution in [2.45, 2.75) is 57.2 Å². The van der Waals surface area contributed by atoms with E-state index < -0.39 is 36.4 Å². The first-order valence-corrected chi connectivity index (χ1v) is 12.2. The number of aliphatic hydroxyl groups is 1. The zero-order valence-electron chi connectivity index (χ0n) is 20.6. The number of hydrogen-bond acceptors (Lipinski definition) is 7. The molecule has 0 spiro atoms. The van der Waals surface area contributed by atoms with E-state index >= 15 is 0 Å². The molecule has 2 amide bonds.